The maximum atomic E-state index is 11.9. The summed E-state index contributed by atoms with van der Waals surface area (Å²) in [4.78, 5) is 13.7. The van der Waals surface area contributed by atoms with Gasteiger partial charge in [-0.15, -0.1) is 0 Å². The molecule has 0 saturated heterocycles. The minimum absolute atomic E-state index is 0.172. The molecule has 0 spiro atoms. The summed E-state index contributed by atoms with van der Waals surface area (Å²) in [5.41, 5.74) is 0.854. The second kappa shape index (κ2) is 7.24. The van der Waals surface area contributed by atoms with E-state index in [-0.39, 0.29) is 5.91 Å². The highest BCUT2D eigenvalue weighted by Crippen LogP contribution is 2.33. The molecular formula is C14H19N3O3S. The van der Waals surface area contributed by atoms with Crippen molar-refractivity contribution in [2.24, 2.45) is 0 Å². The van der Waals surface area contributed by atoms with Crippen LogP contribution >= 0.6 is 12.2 Å². The van der Waals surface area contributed by atoms with E-state index in [2.05, 4.69) is 10.6 Å². The molecule has 0 fully saturated rings. The van der Waals surface area contributed by atoms with Gasteiger partial charge in [0, 0.05) is 20.7 Å². The van der Waals surface area contributed by atoms with Crippen LogP contribution in [0.1, 0.15) is 0 Å². The van der Waals surface area contributed by atoms with Gasteiger partial charge < -0.3 is 25.0 Å². The number of hydrogen-bond donors (Lipinski definition) is 2. The summed E-state index contributed by atoms with van der Waals surface area (Å²) in [5.74, 6) is 0.474. The van der Waals surface area contributed by atoms with Crippen molar-refractivity contribution in [1.82, 2.24) is 10.6 Å². The summed E-state index contributed by atoms with van der Waals surface area (Å²) in [6.07, 6.45) is -0.591. The molecule has 1 aliphatic heterocycles. The van der Waals surface area contributed by atoms with Gasteiger partial charge in [0.2, 0.25) is 0 Å². The maximum Gasteiger partial charge on any atom is 0.262 e. The molecule has 1 aromatic carbocycles. The largest absolute Gasteiger partial charge is 0.477 e. The van der Waals surface area contributed by atoms with Crippen LogP contribution in [0.4, 0.5) is 5.69 Å². The fourth-order valence-corrected chi connectivity index (χ4v) is 2.35. The number of anilines is 1. The van der Waals surface area contributed by atoms with E-state index >= 15 is 0 Å². The zero-order valence-corrected chi connectivity index (χ0v) is 12.9. The molecule has 0 unspecified atom stereocenters. The van der Waals surface area contributed by atoms with Crippen LogP contribution in [0.5, 0.6) is 5.75 Å². The molecular weight excluding hydrogens is 290 g/mol. The number of methoxy groups -OCH3 is 1. The lowest BCUT2D eigenvalue weighted by Crippen LogP contribution is -2.52. The highest BCUT2D eigenvalue weighted by Gasteiger charge is 2.31. The maximum absolute atomic E-state index is 11.9. The number of fused-ring (bicyclic) bond motifs is 1. The predicted molar refractivity (Wildman–Crippen MR) is 84.7 cm³/mol. The van der Waals surface area contributed by atoms with Gasteiger partial charge in [-0.3, -0.25) is 4.79 Å². The summed E-state index contributed by atoms with van der Waals surface area (Å²) in [6, 6.07) is 7.52. The number of benzene rings is 1. The van der Waals surface area contributed by atoms with Gasteiger partial charge in [0.05, 0.1) is 18.8 Å². The van der Waals surface area contributed by atoms with Crippen molar-refractivity contribution in [1.29, 1.82) is 0 Å². The Morgan fingerprint density at radius 1 is 1.52 bits per heavy atom. The Hall–Kier alpha value is -1.86. The summed E-state index contributed by atoms with van der Waals surface area (Å²) in [7, 11) is 3.22. The monoisotopic (exact) mass is 309 g/mol. The van der Waals surface area contributed by atoms with Crippen LogP contribution in [-0.2, 0) is 9.53 Å². The Balaban J connectivity index is 2.18. The van der Waals surface area contributed by atoms with Gasteiger partial charge in [-0.1, -0.05) is 12.1 Å². The fraction of sp³-hybridized carbons (Fsp3) is 0.429. The van der Waals surface area contributed by atoms with Crippen LogP contribution < -0.4 is 20.3 Å². The Morgan fingerprint density at radius 2 is 2.29 bits per heavy atom. The molecule has 0 aliphatic carbocycles. The van der Waals surface area contributed by atoms with Gasteiger partial charge in [0.1, 0.15) is 5.75 Å². The number of hydrogen-bond acceptors (Lipinski definition) is 4. The van der Waals surface area contributed by atoms with Gasteiger partial charge in [0.25, 0.3) is 5.91 Å². The highest BCUT2D eigenvalue weighted by molar-refractivity contribution is 7.80. The van der Waals surface area contributed by atoms with Gasteiger partial charge in [-0.05, 0) is 24.4 Å². The lowest BCUT2D eigenvalue weighted by Gasteiger charge is -2.35. The average Bonchev–Trinajstić information content (AvgIpc) is 2.53. The molecule has 1 aliphatic rings. The zero-order valence-electron chi connectivity index (χ0n) is 12.1. The van der Waals surface area contributed by atoms with E-state index < -0.39 is 6.10 Å². The van der Waals surface area contributed by atoms with Crippen LogP contribution in [0.2, 0.25) is 0 Å². The minimum Gasteiger partial charge on any atom is -0.477 e. The number of nitrogens with one attached hydrogen (secondary N) is 2. The van der Waals surface area contributed by atoms with Crippen molar-refractivity contribution in [3.8, 4) is 5.75 Å². The van der Waals surface area contributed by atoms with Crippen molar-refractivity contribution in [3.05, 3.63) is 24.3 Å². The van der Waals surface area contributed by atoms with E-state index in [1.54, 1.807) is 14.2 Å². The van der Waals surface area contributed by atoms with Crippen LogP contribution in [0.15, 0.2) is 24.3 Å². The van der Waals surface area contributed by atoms with E-state index in [9.17, 15) is 4.79 Å². The number of nitrogens with zero attached hydrogens (tertiary/aromatic N) is 1. The Bertz CT molecular complexity index is 524. The first kappa shape index (κ1) is 15.5. The van der Waals surface area contributed by atoms with E-state index in [0.29, 0.717) is 30.6 Å². The molecule has 21 heavy (non-hydrogen) atoms. The predicted octanol–water partition coefficient (Wildman–Crippen LogP) is 0.521. The first-order chi connectivity index (χ1) is 10.2. The first-order valence-corrected chi connectivity index (χ1v) is 7.09. The third kappa shape index (κ3) is 3.62. The van der Waals surface area contributed by atoms with E-state index in [4.69, 9.17) is 21.7 Å². The minimum atomic E-state index is -0.591. The molecule has 2 N–H and O–H groups in total. The second-order valence-corrected chi connectivity index (χ2v) is 4.91. The molecule has 1 atom stereocenters. The van der Waals surface area contributed by atoms with Crippen molar-refractivity contribution < 1.29 is 14.3 Å². The third-order valence-corrected chi connectivity index (χ3v) is 3.50. The molecule has 0 bridgehead atoms. The number of amides is 1. The molecule has 2 rings (SSSR count). The second-order valence-electron chi connectivity index (χ2n) is 4.52. The van der Waals surface area contributed by atoms with Crippen LogP contribution in [0.25, 0.3) is 0 Å². The van der Waals surface area contributed by atoms with Gasteiger partial charge in [0.15, 0.2) is 11.2 Å². The quantitative estimate of drug-likeness (QED) is 0.625. The number of rotatable bonds is 4. The Morgan fingerprint density at radius 3 is 3.00 bits per heavy atom. The highest BCUT2D eigenvalue weighted by atomic mass is 32.1. The fourth-order valence-electron chi connectivity index (χ4n) is 2.08. The first-order valence-electron chi connectivity index (χ1n) is 6.69. The van der Waals surface area contributed by atoms with Gasteiger partial charge in [-0.2, -0.15) is 0 Å². The SMILES string of the molecule is CNC(=O)[C@H]1CN(C(=S)NCCOC)c2ccccc2O1. The summed E-state index contributed by atoms with van der Waals surface area (Å²) >= 11 is 5.41. The molecule has 114 valence electrons. The molecule has 1 aromatic rings. The van der Waals surface area contributed by atoms with E-state index in [0.717, 1.165) is 5.69 Å². The number of likely N-dealkylation sites (N-methyl/N-ethyl adjacent to an activating group) is 1. The molecule has 6 nitrogen and oxygen atoms in total. The van der Waals surface area contributed by atoms with E-state index in [1.807, 2.05) is 29.2 Å². The molecule has 7 heteroatoms. The van der Waals surface area contributed by atoms with Crippen molar-refractivity contribution >= 4 is 28.9 Å². The Kier molecular flexibility index (Phi) is 5.35. The summed E-state index contributed by atoms with van der Waals surface area (Å²) in [5, 5.41) is 6.27. The standard InChI is InChI=1S/C14H19N3O3S/c1-15-13(18)12-9-17(14(21)16-7-8-19-2)10-5-3-4-6-11(10)20-12/h3-6,12H,7-9H2,1-2H3,(H,15,18)(H,16,21)/t12-/m1/s1. The third-order valence-electron chi connectivity index (χ3n) is 3.14. The molecule has 1 amide bonds. The average molecular weight is 309 g/mol. The van der Waals surface area contributed by atoms with Crippen molar-refractivity contribution in [2.75, 3.05) is 38.8 Å². The van der Waals surface area contributed by atoms with Gasteiger partial charge in [-0.25, -0.2) is 0 Å². The van der Waals surface area contributed by atoms with Crippen molar-refractivity contribution in [2.45, 2.75) is 6.10 Å². The topological polar surface area (TPSA) is 62.8 Å². The summed E-state index contributed by atoms with van der Waals surface area (Å²) < 4.78 is 10.7. The lowest BCUT2D eigenvalue weighted by atomic mass is 10.2. The molecule has 0 radical (unpaired) electrons. The Labute approximate surface area is 129 Å². The smallest absolute Gasteiger partial charge is 0.262 e. The molecule has 0 saturated carbocycles. The molecule has 1 heterocycles. The summed E-state index contributed by atoms with van der Waals surface area (Å²) in [6.45, 7) is 1.54. The van der Waals surface area contributed by atoms with Crippen molar-refractivity contribution in [3.63, 3.8) is 0 Å². The van der Waals surface area contributed by atoms with E-state index in [1.165, 1.54) is 0 Å². The van der Waals surface area contributed by atoms with Crippen LogP contribution in [0.3, 0.4) is 0 Å². The van der Waals surface area contributed by atoms with Gasteiger partial charge >= 0.3 is 0 Å². The zero-order chi connectivity index (χ0) is 15.2. The number of ether oxygens (including phenoxy) is 2. The number of carbonyl (C=O) groups is 1. The number of carbonyl (C=O) groups excluding carboxylic acids is 1. The lowest BCUT2D eigenvalue weighted by molar-refractivity contribution is -0.127. The van der Waals surface area contributed by atoms with Crippen LogP contribution in [-0.4, -0.2) is 51.0 Å². The normalized spacial score (nSPS) is 16.7. The molecule has 0 aromatic heterocycles. The number of para-hydroxylation sites is 2. The van der Waals surface area contributed by atoms with Crippen LogP contribution in [0, 0.1) is 0 Å². The number of thiocarbonyl (C=S) groups is 1.